The van der Waals surface area contributed by atoms with Crippen molar-refractivity contribution in [1.29, 1.82) is 0 Å². The zero-order valence-electron chi connectivity index (χ0n) is 21.3. The van der Waals surface area contributed by atoms with Crippen LogP contribution in [0.25, 0.3) is 0 Å². The Balaban J connectivity index is 6.51. The fourth-order valence-electron chi connectivity index (χ4n) is 2.76. The molecule has 0 amide bonds. The summed E-state index contributed by atoms with van der Waals surface area (Å²) in [6, 6.07) is 0. The first-order valence-corrected chi connectivity index (χ1v) is 13.7. The molecule has 0 saturated heterocycles. The van der Waals surface area contributed by atoms with Crippen molar-refractivity contribution in [3.05, 3.63) is 0 Å². The quantitative estimate of drug-likeness (QED) is 0.0647. The first-order valence-electron chi connectivity index (χ1n) is 10.8. The highest BCUT2D eigenvalue weighted by atomic mass is 79.9. The molecular weight excluding hydrogens is 791 g/mol. The molecule has 0 radical (unpaired) electrons. The van der Waals surface area contributed by atoms with Crippen LogP contribution in [0, 0.1) is 5.92 Å². The van der Waals surface area contributed by atoms with Gasteiger partial charge in [0.1, 0.15) is 6.10 Å². The lowest BCUT2D eigenvalue weighted by atomic mass is 9.86. The molecule has 0 aliphatic heterocycles. The van der Waals surface area contributed by atoms with Crippen molar-refractivity contribution in [3.8, 4) is 0 Å². The van der Waals surface area contributed by atoms with Crippen molar-refractivity contribution in [2.75, 3.05) is 24.8 Å². The van der Waals surface area contributed by atoms with Crippen LogP contribution < -0.4 is 0 Å². The predicted molar refractivity (Wildman–Crippen MR) is 109 cm³/mol. The van der Waals surface area contributed by atoms with Gasteiger partial charge in [0.15, 0.2) is 0 Å². The molecule has 0 N–H and O–H groups in total. The van der Waals surface area contributed by atoms with Gasteiger partial charge in [0.2, 0.25) is 0 Å². The summed E-state index contributed by atoms with van der Waals surface area (Å²) in [5.74, 6) is -78.5. The molecule has 0 rings (SSSR count). The summed E-state index contributed by atoms with van der Waals surface area (Å²) < 4.78 is 312. The van der Waals surface area contributed by atoms with Crippen molar-refractivity contribution in [2.45, 2.75) is 78.9 Å². The Morgan fingerprint density at radius 2 is 0.889 bits per heavy atom. The summed E-state index contributed by atoms with van der Waals surface area (Å²) in [6.07, 6.45) is -12.2. The van der Waals surface area contributed by atoms with Gasteiger partial charge in [-0.15, -0.1) is 0 Å². The first kappa shape index (κ1) is 43.9. The van der Waals surface area contributed by atoms with E-state index in [0.717, 1.165) is 0 Å². The van der Waals surface area contributed by atoms with E-state index < -0.39 is 101 Å². The fourth-order valence-corrected chi connectivity index (χ4v) is 3.87. The lowest BCUT2D eigenvalue weighted by Crippen LogP contribution is -2.76. The molecule has 0 fully saturated rings. The smallest absolute Gasteiger partial charge is 0.378 e. The number of halogens is 22. The van der Waals surface area contributed by atoms with E-state index in [9.17, 15) is 101 Å². The zero-order valence-corrected chi connectivity index (χ0v) is 23.7. The van der Waals surface area contributed by atoms with Gasteiger partial charge in [-0.3, -0.25) is 4.18 Å². The second-order valence-electron chi connectivity index (χ2n) is 9.09. The van der Waals surface area contributed by atoms with Gasteiger partial charge in [-0.05, 0) is 5.92 Å². The summed E-state index contributed by atoms with van der Waals surface area (Å²) in [4.78, 5) is 0. The van der Waals surface area contributed by atoms with Crippen LogP contribution in [0.3, 0.4) is 0 Å². The van der Waals surface area contributed by atoms with Gasteiger partial charge in [0.05, 0.1) is 19.5 Å². The third kappa shape index (κ3) is 7.33. The Morgan fingerprint density at radius 1 is 0.578 bits per heavy atom. The number of ether oxygens (including phenoxy) is 1. The van der Waals surface area contributed by atoms with Crippen molar-refractivity contribution in [1.82, 2.24) is 0 Å². The van der Waals surface area contributed by atoms with Crippen molar-refractivity contribution >= 4 is 26.0 Å². The van der Waals surface area contributed by atoms with Gasteiger partial charge in [-0.2, -0.15) is 101 Å². The minimum absolute atomic E-state index is 0.135. The van der Waals surface area contributed by atoms with E-state index in [1.165, 1.54) is 6.92 Å². The van der Waals surface area contributed by atoms with Crippen molar-refractivity contribution in [2.24, 2.45) is 5.92 Å². The van der Waals surface area contributed by atoms with Gasteiger partial charge in [0.25, 0.3) is 10.1 Å². The molecule has 0 aliphatic carbocycles. The molecule has 272 valence electrons. The molecule has 0 aromatic rings. The van der Waals surface area contributed by atoms with Gasteiger partial charge < -0.3 is 4.74 Å². The SMILES string of the molecule is CC(CBr)C(COCCC(F)(F)C(F)(F)C(F)(F)C(F)(F)C(F)(F)C(F)(F)C(F)(F)C(F)(F)C(F)(F)C(F)(F)F)OS(C)(=O)=O. The van der Waals surface area contributed by atoms with Gasteiger partial charge in [-0.25, -0.2) is 0 Å². The maximum Gasteiger partial charge on any atom is 0.460 e. The Kier molecular flexibility index (Phi) is 12.4. The predicted octanol–water partition coefficient (Wildman–Crippen LogP) is 8.05. The van der Waals surface area contributed by atoms with Crippen LogP contribution >= 0.6 is 15.9 Å². The van der Waals surface area contributed by atoms with Gasteiger partial charge in [0, 0.05) is 11.8 Å². The van der Waals surface area contributed by atoms with E-state index in [4.69, 9.17) is 0 Å². The number of hydrogen-bond acceptors (Lipinski definition) is 4. The summed E-state index contributed by atoms with van der Waals surface area (Å²) in [5, 5.41) is -0.135. The molecule has 2 unspecified atom stereocenters. The van der Waals surface area contributed by atoms with E-state index in [2.05, 4.69) is 24.8 Å². The zero-order chi connectivity index (χ0) is 36.9. The maximum atomic E-state index is 13.9. The largest absolute Gasteiger partial charge is 0.460 e. The molecule has 0 aromatic heterocycles. The van der Waals surface area contributed by atoms with Crippen LogP contribution in [-0.4, -0.2) is 98.8 Å². The minimum atomic E-state index is -9.24. The first-order chi connectivity index (χ1) is 19.3. The third-order valence-electron chi connectivity index (χ3n) is 5.59. The van der Waals surface area contributed by atoms with Crippen molar-refractivity contribution < 1.29 is 110 Å². The molecule has 0 bridgehead atoms. The van der Waals surface area contributed by atoms with Crippen LogP contribution in [0.4, 0.5) is 92.2 Å². The Morgan fingerprint density at radius 3 is 1.18 bits per heavy atom. The van der Waals surface area contributed by atoms with E-state index in [-0.39, 0.29) is 5.33 Å². The summed E-state index contributed by atoms with van der Waals surface area (Å²) >= 11 is 2.81. The highest BCUT2D eigenvalue weighted by molar-refractivity contribution is 9.09. The number of alkyl halides is 22. The minimum Gasteiger partial charge on any atom is -0.378 e. The molecule has 45 heavy (non-hydrogen) atoms. The van der Waals surface area contributed by atoms with Crippen LogP contribution in [0.1, 0.15) is 13.3 Å². The lowest BCUT2D eigenvalue weighted by molar-refractivity contribution is -0.474. The topological polar surface area (TPSA) is 52.6 Å². The van der Waals surface area contributed by atoms with E-state index >= 15 is 0 Å². The fraction of sp³-hybridized carbons (Fsp3) is 1.00. The van der Waals surface area contributed by atoms with Crippen LogP contribution in [-0.2, 0) is 19.0 Å². The second kappa shape index (κ2) is 12.7. The van der Waals surface area contributed by atoms with E-state index in [0.29, 0.717) is 6.26 Å². The molecular formula is C18H16BrF21O4S. The highest BCUT2D eigenvalue weighted by Gasteiger charge is 2.97. The van der Waals surface area contributed by atoms with Gasteiger partial charge in [-0.1, -0.05) is 22.9 Å². The molecule has 0 spiro atoms. The van der Waals surface area contributed by atoms with Crippen LogP contribution in [0.15, 0.2) is 0 Å². The average Bonchev–Trinajstić information content (AvgIpc) is 2.82. The Bertz CT molecular complexity index is 1120. The monoisotopic (exact) mass is 806 g/mol. The third-order valence-corrected chi connectivity index (χ3v) is 7.21. The summed E-state index contributed by atoms with van der Waals surface area (Å²) in [6.45, 7) is -1.99. The maximum absolute atomic E-state index is 13.9. The van der Waals surface area contributed by atoms with E-state index in [1.807, 2.05) is 0 Å². The normalized spacial score (nSPS) is 17.4. The molecule has 0 aromatic carbocycles. The second-order valence-corrected chi connectivity index (χ2v) is 11.3. The standard InChI is InChI=1S/C18H16BrF21O4S/c1-7(5-19)8(44-45(2,41)42)6-43-4-3-9(20,21)10(22,23)11(24,25)12(26,27)13(28,29)14(30,31)15(32,33)16(34,35)17(36,37)18(38,39)40/h7-8H,3-6H2,1-2H3. The molecule has 0 heterocycles. The molecule has 4 nitrogen and oxygen atoms in total. The van der Waals surface area contributed by atoms with Crippen LogP contribution in [0.5, 0.6) is 0 Å². The molecule has 0 saturated carbocycles. The highest BCUT2D eigenvalue weighted by Crippen LogP contribution is 2.66. The lowest BCUT2D eigenvalue weighted by Gasteiger charge is -2.44. The average molecular weight is 807 g/mol. The Hall–Kier alpha value is -1.12. The Labute approximate surface area is 245 Å². The number of rotatable bonds is 17. The number of hydrogen-bond donors (Lipinski definition) is 0. The molecule has 27 heteroatoms. The van der Waals surface area contributed by atoms with Crippen molar-refractivity contribution in [3.63, 3.8) is 0 Å². The molecule has 0 aliphatic rings. The summed E-state index contributed by atoms with van der Waals surface area (Å²) in [7, 11) is -4.35. The van der Waals surface area contributed by atoms with Gasteiger partial charge >= 0.3 is 59.5 Å². The molecule has 2 atom stereocenters. The van der Waals surface area contributed by atoms with E-state index in [1.54, 1.807) is 0 Å². The van der Waals surface area contributed by atoms with Crippen LogP contribution in [0.2, 0.25) is 0 Å². The summed E-state index contributed by atoms with van der Waals surface area (Å²) in [5.41, 5.74) is 0.